The minimum Gasteiger partial charge on any atom is -0.272 e. The highest BCUT2D eigenvalue weighted by Crippen LogP contribution is 2.27. The number of likely N-dealkylation sites (N-methyl/N-ethyl adjacent to an activating group) is 2. The van der Waals surface area contributed by atoms with E-state index in [0.29, 0.717) is 4.31 Å². The molecule has 154 valence electrons. The minimum atomic E-state index is -4.30. The predicted octanol–water partition coefficient (Wildman–Crippen LogP) is 1.24. The summed E-state index contributed by atoms with van der Waals surface area (Å²) in [5, 5.41) is 3.82. The van der Waals surface area contributed by atoms with Crippen molar-refractivity contribution >= 4 is 37.6 Å². The first-order valence-electron chi connectivity index (χ1n) is 8.20. The Bertz CT molecular complexity index is 1080. The van der Waals surface area contributed by atoms with E-state index in [1.807, 2.05) is 0 Å². The van der Waals surface area contributed by atoms with Crippen LogP contribution in [0.3, 0.4) is 0 Å². The van der Waals surface area contributed by atoms with E-state index in [4.69, 9.17) is 11.6 Å². The maximum atomic E-state index is 13.0. The largest absolute Gasteiger partial charge is 0.272 e. The lowest BCUT2D eigenvalue weighted by atomic mass is 10.4. The van der Waals surface area contributed by atoms with Crippen molar-refractivity contribution in [3.63, 3.8) is 0 Å². The third-order valence-electron chi connectivity index (χ3n) is 4.02. The maximum absolute atomic E-state index is 13.0. The van der Waals surface area contributed by atoms with Gasteiger partial charge in [0.1, 0.15) is 10.0 Å². The minimum absolute atomic E-state index is 0.00218. The van der Waals surface area contributed by atoms with Crippen LogP contribution in [0.25, 0.3) is 0 Å². The number of hydrogen-bond acceptors (Lipinski definition) is 6. The molecule has 0 saturated heterocycles. The predicted molar refractivity (Wildman–Crippen MR) is 104 cm³/mol. The zero-order chi connectivity index (χ0) is 21.3. The van der Waals surface area contributed by atoms with Gasteiger partial charge in [0.25, 0.3) is 15.9 Å². The molecule has 1 aromatic carbocycles. The Morgan fingerprint density at radius 1 is 1.14 bits per heavy atom. The van der Waals surface area contributed by atoms with Crippen molar-refractivity contribution in [2.45, 2.75) is 23.6 Å². The standard InChI is InChI=1S/C16H21ClN4O5S2/c1-5-21(28(25,26)15-12(2)18-20(4)16(15)17)14(22)11-19(3)27(23,24)13-9-7-6-8-10-13/h6-10H,5,11H2,1-4H3. The van der Waals surface area contributed by atoms with Gasteiger partial charge in [-0.15, -0.1) is 0 Å². The van der Waals surface area contributed by atoms with E-state index in [1.165, 1.54) is 44.8 Å². The van der Waals surface area contributed by atoms with E-state index in [0.717, 1.165) is 4.31 Å². The molecule has 12 heteroatoms. The van der Waals surface area contributed by atoms with Gasteiger partial charge in [0.2, 0.25) is 10.0 Å². The van der Waals surface area contributed by atoms with Crippen LogP contribution in [0.2, 0.25) is 5.15 Å². The first kappa shape index (κ1) is 22.3. The molecule has 1 amide bonds. The molecule has 0 aliphatic heterocycles. The highest BCUT2D eigenvalue weighted by molar-refractivity contribution is 7.90. The molecule has 2 aromatic rings. The zero-order valence-electron chi connectivity index (χ0n) is 15.8. The van der Waals surface area contributed by atoms with Crippen molar-refractivity contribution in [3.8, 4) is 0 Å². The van der Waals surface area contributed by atoms with E-state index in [9.17, 15) is 21.6 Å². The van der Waals surface area contributed by atoms with Crippen molar-refractivity contribution in [3.05, 3.63) is 41.2 Å². The van der Waals surface area contributed by atoms with E-state index in [2.05, 4.69) is 5.10 Å². The quantitative estimate of drug-likeness (QED) is 0.630. The second-order valence-corrected chi connectivity index (χ2v) is 10.2. The Balaban J connectivity index is 2.33. The van der Waals surface area contributed by atoms with Crippen molar-refractivity contribution in [1.82, 2.24) is 18.4 Å². The maximum Gasteiger partial charge on any atom is 0.271 e. The van der Waals surface area contributed by atoms with E-state index < -0.39 is 32.5 Å². The van der Waals surface area contributed by atoms with Crippen LogP contribution in [0.15, 0.2) is 40.1 Å². The number of aromatic nitrogens is 2. The number of carbonyl (C=O) groups is 1. The summed E-state index contributed by atoms with van der Waals surface area (Å²) >= 11 is 6.04. The molecule has 0 spiro atoms. The summed E-state index contributed by atoms with van der Waals surface area (Å²) in [5.74, 6) is -0.899. The van der Waals surface area contributed by atoms with Crippen molar-refractivity contribution in [2.75, 3.05) is 20.1 Å². The van der Waals surface area contributed by atoms with Crippen LogP contribution >= 0.6 is 11.6 Å². The van der Waals surface area contributed by atoms with Crippen LogP contribution in [0.5, 0.6) is 0 Å². The third-order valence-corrected chi connectivity index (χ3v) is 8.43. The van der Waals surface area contributed by atoms with Crippen LogP contribution in [0.4, 0.5) is 0 Å². The molecular formula is C16H21ClN4O5S2. The smallest absolute Gasteiger partial charge is 0.271 e. The summed E-state index contributed by atoms with van der Waals surface area (Å²) < 4.78 is 53.7. The number of carbonyl (C=O) groups excluding carboxylic acids is 1. The highest BCUT2D eigenvalue weighted by atomic mass is 35.5. The van der Waals surface area contributed by atoms with Gasteiger partial charge in [-0.25, -0.2) is 21.1 Å². The monoisotopic (exact) mass is 448 g/mol. The number of hydrogen-bond donors (Lipinski definition) is 0. The summed E-state index contributed by atoms with van der Waals surface area (Å²) in [4.78, 5) is 12.4. The summed E-state index contributed by atoms with van der Waals surface area (Å²) in [6, 6.07) is 7.55. The van der Waals surface area contributed by atoms with Gasteiger partial charge < -0.3 is 0 Å². The Morgan fingerprint density at radius 2 is 1.71 bits per heavy atom. The molecule has 0 saturated carbocycles. The van der Waals surface area contributed by atoms with Gasteiger partial charge >= 0.3 is 0 Å². The second-order valence-electron chi connectivity index (χ2n) is 5.97. The number of benzene rings is 1. The lowest BCUT2D eigenvalue weighted by Gasteiger charge is -2.24. The Labute approximate surface area is 169 Å². The summed E-state index contributed by atoms with van der Waals surface area (Å²) in [6.45, 7) is 2.09. The average molecular weight is 449 g/mol. The number of sulfonamides is 2. The van der Waals surface area contributed by atoms with Crippen LogP contribution < -0.4 is 0 Å². The lowest BCUT2D eigenvalue weighted by Crippen LogP contribution is -2.44. The molecule has 2 rings (SSSR count). The normalized spacial score (nSPS) is 12.4. The lowest BCUT2D eigenvalue weighted by molar-refractivity contribution is -0.126. The summed E-state index contributed by atoms with van der Waals surface area (Å²) in [7, 11) is -5.56. The van der Waals surface area contributed by atoms with Crippen LogP contribution in [-0.4, -0.2) is 61.3 Å². The number of nitrogens with zero attached hydrogens (tertiary/aromatic N) is 4. The molecule has 1 heterocycles. The molecule has 0 N–H and O–H groups in total. The Morgan fingerprint density at radius 3 is 2.18 bits per heavy atom. The first-order valence-corrected chi connectivity index (χ1v) is 11.5. The van der Waals surface area contributed by atoms with Gasteiger partial charge in [-0.05, 0) is 26.0 Å². The van der Waals surface area contributed by atoms with Crippen molar-refractivity contribution in [1.29, 1.82) is 0 Å². The Hall–Kier alpha value is -1.95. The zero-order valence-corrected chi connectivity index (χ0v) is 18.2. The van der Waals surface area contributed by atoms with E-state index in [-0.39, 0.29) is 27.2 Å². The summed E-state index contributed by atoms with van der Waals surface area (Å²) in [5.41, 5.74) is 0.143. The van der Waals surface area contributed by atoms with Crippen LogP contribution in [0.1, 0.15) is 12.6 Å². The van der Waals surface area contributed by atoms with Gasteiger partial charge in [-0.2, -0.15) is 9.40 Å². The molecule has 0 radical (unpaired) electrons. The second kappa shape index (κ2) is 8.19. The summed E-state index contributed by atoms with van der Waals surface area (Å²) in [6.07, 6.45) is 0. The van der Waals surface area contributed by atoms with Crippen LogP contribution in [0, 0.1) is 6.92 Å². The van der Waals surface area contributed by atoms with Crippen molar-refractivity contribution in [2.24, 2.45) is 7.05 Å². The highest BCUT2D eigenvalue weighted by Gasteiger charge is 2.35. The number of halogens is 1. The van der Waals surface area contributed by atoms with E-state index in [1.54, 1.807) is 18.2 Å². The molecule has 9 nitrogen and oxygen atoms in total. The van der Waals surface area contributed by atoms with E-state index >= 15 is 0 Å². The van der Waals surface area contributed by atoms with Crippen LogP contribution in [-0.2, 0) is 31.9 Å². The fraction of sp³-hybridized carbons (Fsp3) is 0.375. The molecule has 0 bridgehead atoms. The molecule has 28 heavy (non-hydrogen) atoms. The molecular weight excluding hydrogens is 428 g/mol. The third kappa shape index (κ3) is 4.07. The van der Waals surface area contributed by atoms with Gasteiger partial charge in [-0.1, -0.05) is 29.8 Å². The molecule has 0 aliphatic rings. The number of rotatable bonds is 7. The average Bonchev–Trinajstić information content (AvgIpc) is 2.88. The van der Waals surface area contributed by atoms with Gasteiger partial charge in [0, 0.05) is 20.6 Å². The number of amides is 1. The molecule has 0 atom stereocenters. The number of aryl methyl sites for hydroxylation is 2. The topological polar surface area (TPSA) is 110 Å². The van der Waals surface area contributed by atoms with Gasteiger partial charge in [0.15, 0.2) is 0 Å². The molecule has 0 aliphatic carbocycles. The molecule has 0 fully saturated rings. The SMILES string of the molecule is CCN(C(=O)CN(C)S(=O)(=O)c1ccccc1)S(=O)(=O)c1c(C)nn(C)c1Cl. The van der Waals surface area contributed by atoms with Crippen molar-refractivity contribution < 1.29 is 21.6 Å². The molecule has 1 aromatic heterocycles. The Kier molecular flexibility index (Phi) is 6.54. The van der Waals surface area contributed by atoms with Gasteiger partial charge in [-0.3, -0.25) is 9.48 Å². The molecule has 0 unspecified atom stereocenters. The fourth-order valence-electron chi connectivity index (χ4n) is 2.62. The first-order chi connectivity index (χ1) is 12.9. The van der Waals surface area contributed by atoms with Gasteiger partial charge in [0.05, 0.1) is 17.1 Å². The fourth-order valence-corrected chi connectivity index (χ4v) is 5.87.